The van der Waals surface area contributed by atoms with Gasteiger partial charge in [0.25, 0.3) is 0 Å². The summed E-state index contributed by atoms with van der Waals surface area (Å²) in [6, 6.07) is 14.9. The second kappa shape index (κ2) is 6.57. The molecule has 1 aliphatic heterocycles. The van der Waals surface area contributed by atoms with E-state index < -0.39 is 5.97 Å². The molecule has 1 aliphatic rings. The Morgan fingerprint density at radius 1 is 1.00 bits per heavy atom. The van der Waals surface area contributed by atoms with Crippen LogP contribution in [-0.2, 0) is 4.79 Å². The van der Waals surface area contributed by atoms with Crippen molar-refractivity contribution in [3.63, 3.8) is 0 Å². The predicted octanol–water partition coefficient (Wildman–Crippen LogP) is 3.49. The van der Waals surface area contributed by atoms with Crippen LogP contribution in [0, 0.1) is 0 Å². The fraction of sp³-hybridized carbons (Fsp3) is 0.211. The SMILES string of the molecule is Nc1ccc(/C(=C/c2ccc(N3CCCC3)cc2)C(=O)O)cc1. The summed E-state index contributed by atoms with van der Waals surface area (Å²) in [5.41, 5.74) is 9.27. The Hall–Kier alpha value is -2.75. The summed E-state index contributed by atoms with van der Waals surface area (Å²) in [6.07, 6.45) is 4.17. The van der Waals surface area contributed by atoms with E-state index in [1.54, 1.807) is 30.3 Å². The van der Waals surface area contributed by atoms with E-state index in [-0.39, 0.29) is 5.57 Å². The topological polar surface area (TPSA) is 66.6 Å². The first-order valence-electron chi connectivity index (χ1n) is 7.79. The molecule has 2 aromatic carbocycles. The summed E-state index contributed by atoms with van der Waals surface area (Å²) in [5, 5.41) is 9.48. The largest absolute Gasteiger partial charge is 0.478 e. The molecule has 23 heavy (non-hydrogen) atoms. The van der Waals surface area contributed by atoms with Crippen LogP contribution in [-0.4, -0.2) is 24.2 Å². The third kappa shape index (κ3) is 3.54. The van der Waals surface area contributed by atoms with Crippen molar-refractivity contribution in [2.75, 3.05) is 23.7 Å². The summed E-state index contributed by atoms with van der Waals surface area (Å²) in [5.74, 6) is -0.946. The zero-order valence-corrected chi connectivity index (χ0v) is 12.9. The molecule has 3 N–H and O–H groups in total. The van der Waals surface area contributed by atoms with Gasteiger partial charge >= 0.3 is 5.97 Å². The molecule has 0 atom stereocenters. The first kappa shape index (κ1) is 15.2. The molecule has 0 radical (unpaired) electrons. The lowest BCUT2D eigenvalue weighted by Crippen LogP contribution is -2.17. The van der Waals surface area contributed by atoms with Crippen LogP contribution < -0.4 is 10.6 Å². The van der Waals surface area contributed by atoms with Crippen LogP contribution in [0.5, 0.6) is 0 Å². The maximum Gasteiger partial charge on any atom is 0.336 e. The van der Waals surface area contributed by atoms with Gasteiger partial charge in [0.15, 0.2) is 0 Å². The van der Waals surface area contributed by atoms with Gasteiger partial charge in [0.1, 0.15) is 0 Å². The molecule has 0 bridgehead atoms. The summed E-state index contributed by atoms with van der Waals surface area (Å²) >= 11 is 0. The molecular formula is C19H20N2O2. The second-order valence-electron chi connectivity index (χ2n) is 5.77. The molecule has 0 unspecified atom stereocenters. The highest BCUT2D eigenvalue weighted by Crippen LogP contribution is 2.23. The minimum Gasteiger partial charge on any atom is -0.478 e. The second-order valence-corrected chi connectivity index (χ2v) is 5.77. The molecule has 0 saturated carbocycles. The Labute approximate surface area is 135 Å². The Morgan fingerprint density at radius 2 is 1.61 bits per heavy atom. The number of anilines is 2. The number of benzene rings is 2. The van der Waals surface area contributed by atoms with Gasteiger partial charge in [0, 0.05) is 24.5 Å². The number of hydrogen-bond acceptors (Lipinski definition) is 3. The van der Waals surface area contributed by atoms with Crippen LogP contribution >= 0.6 is 0 Å². The van der Waals surface area contributed by atoms with Crippen molar-refractivity contribution in [1.29, 1.82) is 0 Å². The monoisotopic (exact) mass is 308 g/mol. The van der Waals surface area contributed by atoms with Gasteiger partial charge in [-0.25, -0.2) is 4.79 Å². The maximum absolute atomic E-state index is 11.6. The van der Waals surface area contributed by atoms with Crippen LogP contribution in [0.25, 0.3) is 11.6 Å². The van der Waals surface area contributed by atoms with Gasteiger partial charge in [-0.1, -0.05) is 24.3 Å². The third-order valence-corrected chi connectivity index (χ3v) is 4.13. The van der Waals surface area contributed by atoms with E-state index >= 15 is 0 Å². The van der Waals surface area contributed by atoms with Gasteiger partial charge in [-0.05, 0) is 54.3 Å². The van der Waals surface area contributed by atoms with E-state index in [4.69, 9.17) is 5.73 Å². The molecule has 2 aromatic rings. The molecule has 0 aromatic heterocycles. The van der Waals surface area contributed by atoms with E-state index in [0.29, 0.717) is 11.3 Å². The van der Waals surface area contributed by atoms with Gasteiger partial charge in [0.2, 0.25) is 0 Å². The Balaban J connectivity index is 1.87. The lowest BCUT2D eigenvalue weighted by atomic mass is 10.0. The van der Waals surface area contributed by atoms with Crippen molar-refractivity contribution >= 4 is 29.0 Å². The first-order valence-corrected chi connectivity index (χ1v) is 7.79. The van der Waals surface area contributed by atoms with Crippen molar-refractivity contribution in [2.24, 2.45) is 0 Å². The van der Waals surface area contributed by atoms with E-state index in [0.717, 1.165) is 18.7 Å². The van der Waals surface area contributed by atoms with E-state index in [1.807, 2.05) is 12.1 Å². The molecule has 0 amide bonds. The van der Waals surface area contributed by atoms with E-state index in [2.05, 4.69) is 17.0 Å². The van der Waals surface area contributed by atoms with E-state index in [1.165, 1.54) is 18.5 Å². The molecule has 1 saturated heterocycles. The molecule has 1 fully saturated rings. The number of rotatable bonds is 4. The molecule has 3 rings (SSSR count). The molecule has 4 heteroatoms. The third-order valence-electron chi connectivity index (χ3n) is 4.13. The van der Waals surface area contributed by atoms with E-state index in [9.17, 15) is 9.90 Å². The van der Waals surface area contributed by atoms with Crippen LogP contribution in [0.3, 0.4) is 0 Å². The van der Waals surface area contributed by atoms with Gasteiger partial charge in [-0.2, -0.15) is 0 Å². The number of carbonyl (C=O) groups is 1. The minimum atomic E-state index is -0.946. The highest BCUT2D eigenvalue weighted by Gasteiger charge is 2.13. The normalized spacial score (nSPS) is 15.0. The van der Waals surface area contributed by atoms with Crippen LogP contribution in [0.1, 0.15) is 24.0 Å². The van der Waals surface area contributed by atoms with Crippen LogP contribution in [0.15, 0.2) is 48.5 Å². The average molecular weight is 308 g/mol. The molecule has 1 heterocycles. The van der Waals surface area contributed by atoms with Gasteiger partial charge < -0.3 is 15.7 Å². The molecule has 0 aliphatic carbocycles. The van der Waals surface area contributed by atoms with Crippen LogP contribution in [0.2, 0.25) is 0 Å². The highest BCUT2D eigenvalue weighted by atomic mass is 16.4. The molecular weight excluding hydrogens is 288 g/mol. The highest BCUT2D eigenvalue weighted by molar-refractivity contribution is 6.20. The molecule has 0 spiro atoms. The Morgan fingerprint density at radius 3 is 2.17 bits per heavy atom. The first-order chi connectivity index (χ1) is 11.1. The number of nitrogens with zero attached hydrogens (tertiary/aromatic N) is 1. The van der Waals surface area contributed by atoms with Crippen molar-refractivity contribution in [2.45, 2.75) is 12.8 Å². The summed E-state index contributed by atoms with van der Waals surface area (Å²) in [6.45, 7) is 2.20. The zero-order chi connectivity index (χ0) is 16.2. The number of nitrogens with two attached hydrogens (primary N) is 1. The minimum absolute atomic E-state index is 0.263. The summed E-state index contributed by atoms with van der Waals surface area (Å²) < 4.78 is 0. The number of carboxylic acids is 1. The van der Waals surface area contributed by atoms with Crippen molar-refractivity contribution in [3.8, 4) is 0 Å². The lowest BCUT2D eigenvalue weighted by molar-refractivity contribution is -0.130. The fourth-order valence-electron chi connectivity index (χ4n) is 2.85. The lowest BCUT2D eigenvalue weighted by Gasteiger charge is -2.17. The van der Waals surface area contributed by atoms with Crippen LogP contribution in [0.4, 0.5) is 11.4 Å². The van der Waals surface area contributed by atoms with Gasteiger partial charge in [-0.15, -0.1) is 0 Å². The number of hydrogen-bond donors (Lipinski definition) is 2. The zero-order valence-electron chi connectivity index (χ0n) is 12.9. The quantitative estimate of drug-likeness (QED) is 0.515. The van der Waals surface area contributed by atoms with Crippen molar-refractivity contribution < 1.29 is 9.90 Å². The maximum atomic E-state index is 11.6. The predicted molar refractivity (Wildman–Crippen MR) is 94.3 cm³/mol. The molecule has 4 nitrogen and oxygen atoms in total. The average Bonchev–Trinajstić information content (AvgIpc) is 3.08. The molecule has 118 valence electrons. The van der Waals surface area contributed by atoms with Gasteiger partial charge in [0.05, 0.1) is 5.57 Å². The Kier molecular flexibility index (Phi) is 4.33. The van der Waals surface area contributed by atoms with Gasteiger partial charge in [-0.3, -0.25) is 0 Å². The van der Waals surface area contributed by atoms with Crippen molar-refractivity contribution in [1.82, 2.24) is 0 Å². The number of nitrogen functional groups attached to an aromatic ring is 1. The van der Waals surface area contributed by atoms with Crippen molar-refractivity contribution in [3.05, 3.63) is 59.7 Å². The fourth-order valence-corrected chi connectivity index (χ4v) is 2.85. The summed E-state index contributed by atoms with van der Waals surface area (Å²) in [7, 11) is 0. The number of aliphatic carboxylic acids is 1. The summed E-state index contributed by atoms with van der Waals surface area (Å²) in [4.78, 5) is 13.9. The standard InChI is InChI=1S/C19H20N2O2/c20-16-7-5-15(6-8-16)18(19(22)23)13-14-3-9-17(10-4-14)21-11-1-2-12-21/h3-10,13H,1-2,11-12,20H2,(H,22,23)/b18-13-. The smallest absolute Gasteiger partial charge is 0.336 e. The Bertz CT molecular complexity index is 712. The number of carboxylic acid groups (broad SMARTS) is 1.